The van der Waals surface area contributed by atoms with E-state index in [0.717, 1.165) is 16.1 Å². The fourth-order valence-corrected chi connectivity index (χ4v) is 3.78. The van der Waals surface area contributed by atoms with Gasteiger partial charge in [0.25, 0.3) is 0 Å². The number of furan rings is 1. The molecule has 1 unspecified atom stereocenters. The molecule has 0 bridgehead atoms. The Kier molecular flexibility index (Phi) is 4.70. The molecule has 5 rings (SSSR count). The van der Waals surface area contributed by atoms with Gasteiger partial charge in [0.05, 0.1) is 16.8 Å². The van der Waals surface area contributed by atoms with E-state index in [4.69, 9.17) is 19.9 Å². The number of pyridine rings is 1. The third-order valence-corrected chi connectivity index (χ3v) is 5.40. The number of benzene rings is 1. The molecule has 0 fully saturated rings. The maximum absolute atomic E-state index is 6.47. The largest absolute Gasteiger partial charge is 0.464 e. The number of hydrogen-bond donors (Lipinski definition) is 2. The second-order valence-electron chi connectivity index (χ2n) is 6.41. The van der Waals surface area contributed by atoms with Crippen molar-refractivity contribution in [3.05, 3.63) is 83.7 Å². The van der Waals surface area contributed by atoms with Crippen LogP contribution in [0.5, 0.6) is 5.88 Å². The number of nitrogens with one attached hydrogen (secondary N) is 1. The molecule has 30 heavy (non-hydrogen) atoms. The molecule has 5 aromatic rings. The van der Waals surface area contributed by atoms with E-state index in [0.29, 0.717) is 22.8 Å². The molecule has 0 saturated carbocycles. The highest BCUT2D eigenvalue weighted by atomic mass is 32.1. The minimum absolute atomic E-state index is 0.269. The molecule has 0 aliphatic carbocycles. The highest BCUT2D eigenvalue weighted by molar-refractivity contribution is 7.13. The molecule has 8 nitrogen and oxygen atoms in total. The minimum Gasteiger partial charge on any atom is -0.464 e. The summed E-state index contributed by atoms with van der Waals surface area (Å²) in [6, 6.07) is 19.1. The average Bonchev–Trinajstić information content (AvgIpc) is 3.57. The number of hydrogen-bond acceptors (Lipinski definition) is 8. The highest BCUT2D eigenvalue weighted by Gasteiger charge is 2.24. The molecular formula is C21H16N6O2S. The number of H-pyrrole nitrogens is 1. The number of nitrogens with two attached hydrogens (primary N) is 1. The van der Waals surface area contributed by atoms with Gasteiger partial charge in [-0.25, -0.2) is 4.98 Å². The zero-order valence-corrected chi connectivity index (χ0v) is 16.4. The smallest absolute Gasteiger partial charge is 0.239 e. The van der Waals surface area contributed by atoms with Crippen LogP contribution in [0, 0.1) is 0 Å². The summed E-state index contributed by atoms with van der Waals surface area (Å²) < 4.78 is 11.9. The minimum atomic E-state index is -0.636. The molecule has 1 atom stereocenters. The zero-order valence-electron chi connectivity index (χ0n) is 15.6. The van der Waals surface area contributed by atoms with Crippen molar-refractivity contribution >= 4 is 17.0 Å². The van der Waals surface area contributed by atoms with E-state index in [1.165, 1.54) is 0 Å². The molecule has 4 aromatic heterocycles. The number of tetrazole rings is 1. The van der Waals surface area contributed by atoms with E-state index in [1.807, 2.05) is 66.0 Å². The third-order valence-electron chi connectivity index (χ3n) is 4.51. The summed E-state index contributed by atoms with van der Waals surface area (Å²) >= 11 is 1.58. The molecular weight excluding hydrogens is 400 g/mol. The summed E-state index contributed by atoms with van der Waals surface area (Å²) in [5.41, 5.74) is 9.13. The van der Waals surface area contributed by atoms with Gasteiger partial charge in [0, 0.05) is 11.1 Å². The van der Waals surface area contributed by atoms with Crippen LogP contribution in [0.2, 0.25) is 0 Å². The zero-order chi connectivity index (χ0) is 20.3. The van der Waals surface area contributed by atoms with Gasteiger partial charge in [-0.15, -0.1) is 21.5 Å². The van der Waals surface area contributed by atoms with Crippen LogP contribution in [-0.2, 0) is 0 Å². The monoisotopic (exact) mass is 416 g/mol. The fraction of sp³-hybridized carbons (Fsp3) is 0.0476. The summed E-state index contributed by atoms with van der Waals surface area (Å²) in [6.07, 6.45) is 0.967. The topological polar surface area (TPSA) is 116 Å². The second kappa shape index (κ2) is 7.80. The maximum atomic E-state index is 6.47. The summed E-state index contributed by atoms with van der Waals surface area (Å²) in [5, 5.41) is 16.3. The molecule has 0 radical (unpaired) electrons. The van der Waals surface area contributed by atoms with Gasteiger partial charge in [0.2, 0.25) is 11.7 Å². The number of anilines is 1. The maximum Gasteiger partial charge on any atom is 0.239 e. The van der Waals surface area contributed by atoms with Crippen LogP contribution in [0.1, 0.15) is 17.5 Å². The van der Waals surface area contributed by atoms with E-state index >= 15 is 0 Å². The molecule has 9 heteroatoms. The Morgan fingerprint density at radius 1 is 1.07 bits per heavy atom. The van der Waals surface area contributed by atoms with Crippen molar-refractivity contribution in [3.8, 4) is 27.8 Å². The summed E-state index contributed by atoms with van der Waals surface area (Å²) in [5.74, 6) is 1.28. The molecule has 1 aromatic carbocycles. The first-order valence-electron chi connectivity index (χ1n) is 9.13. The van der Waals surface area contributed by atoms with Gasteiger partial charge in [-0.3, -0.25) is 0 Å². The first-order valence-corrected chi connectivity index (χ1v) is 10.0. The van der Waals surface area contributed by atoms with Crippen molar-refractivity contribution in [2.45, 2.75) is 6.10 Å². The highest BCUT2D eigenvalue weighted by Crippen LogP contribution is 2.39. The van der Waals surface area contributed by atoms with E-state index in [9.17, 15) is 0 Å². The van der Waals surface area contributed by atoms with Crippen LogP contribution >= 0.6 is 11.3 Å². The number of aromatic nitrogens is 5. The van der Waals surface area contributed by atoms with Gasteiger partial charge in [0.15, 0.2) is 6.10 Å². The average molecular weight is 416 g/mol. The normalized spacial score (nSPS) is 12.0. The van der Waals surface area contributed by atoms with E-state index in [2.05, 4.69) is 20.6 Å². The van der Waals surface area contributed by atoms with Crippen molar-refractivity contribution in [2.24, 2.45) is 0 Å². The van der Waals surface area contributed by atoms with E-state index in [1.54, 1.807) is 17.6 Å². The summed E-state index contributed by atoms with van der Waals surface area (Å²) in [4.78, 5) is 5.69. The van der Waals surface area contributed by atoms with Crippen LogP contribution in [0.15, 0.2) is 76.7 Å². The van der Waals surface area contributed by atoms with Crippen molar-refractivity contribution < 1.29 is 9.15 Å². The van der Waals surface area contributed by atoms with Gasteiger partial charge in [-0.1, -0.05) is 41.6 Å². The SMILES string of the molecule is Nc1c(-c2ccco2)cc(-c2cccs2)nc1OC(c1ccccc1)c1nn[nH]n1. The quantitative estimate of drug-likeness (QED) is 0.423. The van der Waals surface area contributed by atoms with Crippen LogP contribution < -0.4 is 10.5 Å². The first kappa shape index (κ1) is 18.1. The Hall–Kier alpha value is -3.98. The lowest BCUT2D eigenvalue weighted by Crippen LogP contribution is -2.14. The number of aromatic amines is 1. The Morgan fingerprint density at radius 2 is 1.97 bits per heavy atom. The van der Waals surface area contributed by atoms with E-state index in [-0.39, 0.29) is 5.88 Å². The van der Waals surface area contributed by atoms with Gasteiger partial charge in [0.1, 0.15) is 11.4 Å². The number of rotatable bonds is 6. The van der Waals surface area contributed by atoms with Crippen molar-refractivity contribution in [1.82, 2.24) is 25.6 Å². The Balaban J connectivity index is 1.64. The lowest BCUT2D eigenvalue weighted by Gasteiger charge is -2.18. The summed E-state index contributed by atoms with van der Waals surface area (Å²) in [6.45, 7) is 0. The number of nitrogens with zero attached hydrogens (tertiary/aromatic N) is 4. The third kappa shape index (κ3) is 3.42. The Morgan fingerprint density at radius 3 is 2.67 bits per heavy atom. The van der Waals surface area contributed by atoms with E-state index < -0.39 is 6.10 Å². The molecule has 148 valence electrons. The molecule has 0 amide bonds. The molecule has 0 aliphatic rings. The molecule has 0 spiro atoms. The number of ether oxygens (including phenoxy) is 1. The molecule has 4 heterocycles. The fourth-order valence-electron chi connectivity index (χ4n) is 3.10. The Bertz CT molecular complexity index is 1220. The van der Waals surface area contributed by atoms with Crippen LogP contribution in [-0.4, -0.2) is 25.6 Å². The van der Waals surface area contributed by atoms with Gasteiger partial charge in [-0.2, -0.15) is 5.21 Å². The second-order valence-corrected chi connectivity index (χ2v) is 7.35. The molecule has 0 aliphatic heterocycles. The van der Waals surface area contributed by atoms with Crippen LogP contribution in [0.25, 0.3) is 21.9 Å². The molecule has 3 N–H and O–H groups in total. The molecule has 0 saturated heterocycles. The van der Waals surface area contributed by atoms with Crippen LogP contribution in [0.3, 0.4) is 0 Å². The first-order chi connectivity index (χ1) is 14.8. The standard InChI is InChI=1S/C21H16N6O2S/c22-18-14(16-8-4-10-28-16)12-15(17-9-5-11-30-17)23-21(18)29-19(20-24-26-27-25-20)13-6-2-1-3-7-13/h1-12,19H,22H2,(H,24,25,26,27). The number of thiophene rings is 1. The lowest BCUT2D eigenvalue weighted by atomic mass is 10.1. The predicted octanol–water partition coefficient (Wildman–Crippen LogP) is 4.33. The van der Waals surface area contributed by atoms with Gasteiger partial charge in [-0.05, 0) is 29.6 Å². The van der Waals surface area contributed by atoms with Crippen molar-refractivity contribution in [3.63, 3.8) is 0 Å². The Labute approximate surface area is 175 Å². The van der Waals surface area contributed by atoms with Gasteiger partial charge < -0.3 is 14.9 Å². The van der Waals surface area contributed by atoms with Crippen molar-refractivity contribution in [1.29, 1.82) is 0 Å². The van der Waals surface area contributed by atoms with Crippen LogP contribution in [0.4, 0.5) is 5.69 Å². The predicted molar refractivity (Wildman–Crippen MR) is 113 cm³/mol. The van der Waals surface area contributed by atoms with Crippen molar-refractivity contribution in [2.75, 3.05) is 5.73 Å². The summed E-state index contributed by atoms with van der Waals surface area (Å²) in [7, 11) is 0. The number of nitrogen functional groups attached to an aromatic ring is 1. The van der Waals surface area contributed by atoms with Gasteiger partial charge >= 0.3 is 0 Å². The lowest BCUT2D eigenvalue weighted by molar-refractivity contribution is 0.229.